The first-order chi connectivity index (χ1) is 35.8. The molecule has 11 aromatic carbocycles. The number of anilines is 3. The first-order valence-electron chi connectivity index (χ1n) is 26.6. The van der Waals surface area contributed by atoms with Gasteiger partial charge in [-0.3, -0.25) is 0 Å². The average molecular weight is 950 g/mol. The Morgan fingerprint density at radius 1 is 0.297 bits per heavy atom. The Kier molecular flexibility index (Phi) is 7.94. The lowest BCUT2D eigenvalue weighted by Gasteiger charge is -2.33. The van der Waals surface area contributed by atoms with Crippen molar-refractivity contribution in [2.75, 3.05) is 4.90 Å². The van der Waals surface area contributed by atoms with E-state index in [-0.39, 0.29) is 21.7 Å². The van der Waals surface area contributed by atoms with Crippen LogP contribution in [0.5, 0.6) is 0 Å². The minimum absolute atomic E-state index is 0.155. The molecular weight excluding hydrogens is 895 g/mol. The molecule has 16 rings (SSSR count). The lowest BCUT2D eigenvalue weighted by atomic mass is 9.72. The molecule has 0 fully saturated rings. The molecular formula is C72H55NO. The van der Waals surface area contributed by atoms with E-state index in [4.69, 9.17) is 4.42 Å². The second-order valence-corrected chi connectivity index (χ2v) is 23.9. The van der Waals surface area contributed by atoms with E-state index in [0.717, 1.165) is 39.0 Å². The SMILES string of the molecule is CC1(C)c2ccccc2-c2ccc3c(c21)C(C)(C)c1cc(N(c2cc4c(c5ccccc25)-c2ccc5c(c2C4(C)C)C(C)(C)c2ccc4ccccc4c2-5)c2cccc4c2oc2ccccc24)c2ccccc2c1-3. The summed E-state index contributed by atoms with van der Waals surface area (Å²) in [5, 5.41) is 9.81. The molecule has 0 saturated heterocycles. The van der Waals surface area contributed by atoms with Gasteiger partial charge in [-0.2, -0.15) is 0 Å². The summed E-state index contributed by atoms with van der Waals surface area (Å²) in [4.78, 5) is 2.59. The van der Waals surface area contributed by atoms with Gasteiger partial charge in [0.1, 0.15) is 5.58 Å². The Bertz CT molecular complexity index is 4550. The van der Waals surface area contributed by atoms with Crippen molar-refractivity contribution in [1.29, 1.82) is 0 Å². The zero-order chi connectivity index (χ0) is 49.9. The molecule has 0 unspecified atom stereocenters. The summed E-state index contributed by atoms with van der Waals surface area (Å²) in [6.45, 7) is 19.7. The summed E-state index contributed by atoms with van der Waals surface area (Å²) in [7, 11) is 0. The van der Waals surface area contributed by atoms with Crippen molar-refractivity contribution in [3.8, 4) is 44.5 Å². The molecule has 4 aliphatic rings. The van der Waals surface area contributed by atoms with Gasteiger partial charge in [0.15, 0.2) is 5.58 Å². The third kappa shape index (κ3) is 5.02. The van der Waals surface area contributed by atoms with Crippen LogP contribution in [0.25, 0.3) is 98.8 Å². The van der Waals surface area contributed by atoms with Gasteiger partial charge in [0, 0.05) is 43.2 Å². The third-order valence-corrected chi connectivity index (χ3v) is 18.7. The fourth-order valence-electron chi connectivity index (χ4n) is 15.5. The lowest BCUT2D eigenvalue weighted by Crippen LogP contribution is -2.24. The van der Waals surface area contributed by atoms with E-state index in [2.05, 4.69) is 248 Å². The Hall–Kier alpha value is -8.20. The van der Waals surface area contributed by atoms with Crippen molar-refractivity contribution >= 4 is 71.3 Å². The van der Waals surface area contributed by atoms with Gasteiger partial charge < -0.3 is 9.32 Å². The first-order valence-corrected chi connectivity index (χ1v) is 26.6. The molecule has 1 aromatic heterocycles. The molecule has 12 aromatic rings. The number of furan rings is 1. The lowest BCUT2D eigenvalue weighted by molar-refractivity contribution is 0.601. The molecule has 0 spiro atoms. The van der Waals surface area contributed by atoms with Crippen molar-refractivity contribution in [2.45, 2.75) is 77.0 Å². The summed E-state index contributed by atoms with van der Waals surface area (Å²) in [6.07, 6.45) is 0. The van der Waals surface area contributed by atoms with E-state index in [1.807, 2.05) is 0 Å². The maximum absolute atomic E-state index is 7.10. The van der Waals surface area contributed by atoms with E-state index in [1.54, 1.807) is 0 Å². The quantitative estimate of drug-likeness (QED) is 0.175. The largest absolute Gasteiger partial charge is 0.454 e. The number of nitrogens with zero attached hydrogens (tertiary/aromatic N) is 1. The fourth-order valence-corrected chi connectivity index (χ4v) is 15.5. The van der Waals surface area contributed by atoms with Crippen molar-refractivity contribution < 1.29 is 4.42 Å². The maximum atomic E-state index is 7.10. The number of para-hydroxylation sites is 2. The second kappa shape index (κ2) is 13.9. The minimum atomic E-state index is -0.338. The zero-order valence-electron chi connectivity index (χ0n) is 43.3. The first kappa shape index (κ1) is 42.3. The predicted molar refractivity (Wildman–Crippen MR) is 311 cm³/mol. The molecule has 354 valence electrons. The summed E-state index contributed by atoms with van der Waals surface area (Å²) in [5.74, 6) is 0. The Morgan fingerprint density at radius 3 is 1.36 bits per heavy atom. The zero-order valence-corrected chi connectivity index (χ0v) is 43.3. The molecule has 0 saturated carbocycles. The van der Waals surface area contributed by atoms with E-state index in [0.29, 0.717) is 0 Å². The smallest absolute Gasteiger partial charge is 0.159 e. The predicted octanol–water partition coefficient (Wildman–Crippen LogP) is 19.7. The van der Waals surface area contributed by atoms with E-state index in [1.165, 1.54) is 121 Å². The third-order valence-electron chi connectivity index (χ3n) is 18.7. The highest BCUT2D eigenvalue weighted by Gasteiger charge is 2.49. The van der Waals surface area contributed by atoms with Crippen LogP contribution in [-0.4, -0.2) is 0 Å². The molecule has 0 amide bonds. The maximum Gasteiger partial charge on any atom is 0.159 e. The molecule has 0 atom stereocenters. The van der Waals surface area contributed by atoms with Crippen molar-refractivity contribution in [1.82, 2.24) is 0 Å². The van der Waals surface area contributed by atoms with Gasteiger partial charge in [-0.1, -0.05) is 219 Å². The highest BCUT2D eigenvalue weighted by Crippen LogP contribution is 2.64. The highest BCUT2D eigenvalue weighted by atomic mass is 16.3. The van der Waals surface area contributed by atoms with Crippen LogP contribution in [0.15, 0.2) is 192 Å². The van der Waals surface area contributed by atoms with Crippen LogP contribution in [0.2, 0.25) is 0 Å². The summed E-state index contributed by atoms with van der Waals surface area (Å²) in [5.41, 5.74) is 26.3. The molecule has 4 aliphatic carbocycles. The Labute approximate surface area is 432 Å². The molecule has 0 aliphatic heterocycles. The normalized spacial score (nSPS) is 16.3. The minimum Gasteiger partial charge on any atom is -0.454 e. The number of hydrogen-bond donors (Lipinski definition) is 0. The number of benzene rings is 11. The van der Waals surface area contributed by atoms with Gasteiger partial charge in [0.2, 0.25) is 0 Å². The van der Waals surface area contributed by atoms with Crippen molar-refractivity contribution in [3.05, 3.63) is 233 Å². The Morgan fingerprint density at radius 2 is 0.743 bits per heavy atom. The van der Waals surface area contributed by atoms with Crippen molar-refractivity contribution in [2.24, 2.45) is 0 Å². The Balaban J connectivity index is 0.992. The topological polar surface area (TPSA) is 16.4 Å². The standard InChI is InChI=1S/C72H55NO/c1-69(2)53-29-17-15-22-42(53)48-33-34-51-62-46-26-13-11-23-43(46)58(38-55(62)71(5,6)65(51)64(48)69)73(57-30-19-28-49-45-25-16-18-31-60(45)74-68(49)57)59-39-56-63(47-27-14-12-24-44(47)59)52-36-35-50-61-41-21-10-9-20-40(41)32-37-54(61)70(3,4)66(50)67(52)72(56,7)8/h9-39H,1-8H3. The highest BCUT2D eigenvalue weighted by molar-refractivity contribution is 6.18. The fraction of sp³-hybridized carbons (Fsp3) is 0.167. The van der Waals surface area contributed by atoms with Gasteiger partial charge in [-0.15, -0.1) is 0 Å². The van der Waals surface area contributed by atoms with Crippen LogP contribution in [0.3, 0.4) is 0 Å². The molecule has 74 heavy (non-hydrogen) atoms. The van der Waals surface area contributed by atoms with Gasteiger partial charge in [-0.25, -0.2) is 0 Å². The average Bonchev–Trinajstić information content (AvgIpc) is 4.21. The van der Waals surface area contributed by atoms with Gasteiger partial charge in [0.25, 0.3) is 0 Å². The molecule has 0 radical (unpaired) electrons. The molecule has 0 N–H and O–H groups in total. The van der Waals surface area contributed by atoms with Gasteiger partial charge in [-0.05, 0) is 135 Å². The second-order valence-electron chi connectivity index (χ2n) is 23.9. The number of fused-ring (bicyclic) bond motifs is 23. The monoisotopic (exact) mass is 949 g/mol. The molecule has 1 heterocycles. The summed E-state index contributed by atoms with van der Waals surface area (Å²) in [6, 6.07) is 71.3. The van der Waals surface area contributed by atoms with Crippen LogP contribution >= 0.6 is 0 Å². The van der Waals surface area contributed by atoms with Gasteiger partial charge >= 0.3 is 0 Å². The summed E-state index contributed by atoms with van der Waals surface area (Å²) < 4.78 is 7.10. The van der Waals surface area contributed by atoms with Crippen LogP contribution < -0.4 is 4.90 Å². The van der Waals surface area contributed by atoms with E-state index < -0.39 is 0 Å². The van der Waals surface area contributed by atoms with E-state index in [9.17, 15) is 0 Å². The molecule has 2 heteroatoms. The molecule has 2 nitrogen and oxygen atoms in total. The van der Waals surface area contributed by atoms with Crippen LogP contribution in [0.4, 0.5) is 17.1 Å². The molecule has 0 bridgehead atoms. The number of hydrogen-bond acceptors (Lipinski definition) is 2. The van der Waals surface area contributed by atoms with Crippen LogP contribution in [0, 0.1) is 0 Å². The van der Waals surface area contributed by atoms with Crippen molar-refractivity contribution in [3.63, 3.8) is 0 Å². The van der Waals surface area contributed by atoms with E-state index >= 15 is 0 Å². The van der Waals surface area contributed by atoms with Gasteiger partial charge in [0.05, 0.1) is 17.1 Å². The van der Waals surface area contributed by atoms with Crippen LogP contribution in [0.1, 0.15) is 99.9 Å². The van der Waals surface area contributed by atoms with Crippen LogP contribution in [-0.2, 0) is 21.7 Å². The summed E-state index contributed by atoms with van der Waals surface area (Å²) >= 11 is 0. The number of rotatable bonds is 3.